The second-order valence-electron chi connectivity index (χ2n) is 5.27. The van der Waals surface area contributed by atoms with Crippen molar-refractivity contribution in [3.8, 4) is 5.75 Å². The fourth-order valence-corrected chi connectivity index (χ4v) is 2.18. The molecule has 0 saturated carbocycles. The number of hydrogen-bond donors (Lipinski definition) is 1. The van der Waals surface area contributed by atoms with Crippen molar-refractivity contribution in [2.24, 2.45) is 0 Å². The summed E-state index contributed by atoms with van der Waals surface area (Å²) in [5, 5.41) is 9.13. The third-order valence-corrected chi connectivity index (χ3v) is 3.37. The molecule has 0 aromatic heterocycles. The van der Waals surface area contributed by atoms with Crippen LogP contribution in [0.25, 0.3) is 0 Å². The molecule has 0 aliphatic rings. The molecule has 3 heteroatoms. The van der Waals surface area contributed by atoms with Crippen molar-refractivity contribution in [1.29, 1.82) is 0 Å². The first-order chi connectivity index (χ1) is 9.65. The lowest BCUT2D eigenvalue weighted by Crippen LogP contribution is -2.05. The van der Waals surface area contributed by atoms with Gasteiger partial charge in [0, 0.05) is 0 Å². The van der Waals surface area contributed by atoms with E-state index in [1.54, 1.807) is 12.1 Å². The molecule has 1 aromatic carbocycles. The number of aromatic carboxylic acids is 1. The molecular formula is C17H26O3. The molecule has 1 rings (SSSR count). The summed E-state index contributed by atoms with van der Waals surface area (Å²) in [6, 6.07) is 5.29. The maximum absolute atomic E-state index is 11.1. The monoisotopic (exact) mass is 278 g/mol. The molecule has 0 unspecified atom stereocenters. The normalized spacial score (nSPS) is 10.5. The smallest absolute Gasteiger partial charge is 0.339 e. The Bertz CT molecular complexity index is 413. The van der Waals surface area contributed by atoms with Crippen molar-refractivity contribution in [2.45, 2.75) is 58.8 Å². The van der Waals surface area contributed by atoms with Gasteiger partial charge in [0.05, 0.1) is 6.61 Å². The summed E-state index contributed by atoms with van der Waals surface area (Å²) in [6.07, 6.45) is 8.58. The predicted molar refractivity (Wildman–Crippen MR) is 81.6 cm³/mol. The minimum atomic E-state index is -0.928. The highest BCUT2D eigenvalue weighted by atomic mass is 16.5. The van der Waals surface area contributed by atoms with E-state index >= 15 is 0 Å². The summed E-state index contributed by atoms with van der Waals surface area (Å²) in [7, 11) is 0. The van der Waals surface area contributed by atoms with Gasteiger partial charge in [-0.2, -0.15) is 0 Å². The predicted octanol–water partition coefficient (Wildman–Crippen LogP) is 4.82. The van der Waals surface area contributed by atoms with Gasteiger partial charge in [-0.15, -0.1) is 0 Å². The van der Waals surface area contributed by atoms with Gasteiger partial charge in [-0.25, -0.2) is 4.79 Å². The molecular weight excluding hydrogens is 252 g/mol. The van der Waals surface area contributed by atoms with Gasteiger partial charge in [0.15, 0.2) is 0 Å². The number of aryl methyl sites for hydroxylation is 1. The molecule has 0 radical (unpaired) electrons. The van der Waals surface area contributed by atoms with Crippen LogP contribution in [-0.2, 0) is 0 Å². The van der Waals surface area contributed by atoms with Crippen LogP contribution in [0.1, 0.15) is 67.8 Å². The number of carbonyl (C=O) groups is 1. The fourth-order valence-electron chi connectivity index (χ4n) is 2.18. The lowest BCUT2D eigenvalue weighted by molar-refractivity contribution is 0.0692. The van der Waals surface area contributed by atoms with Gasteiger partial charge in [-0.3, -0.25) is 0 Å². The zero-order valence-corrected chi connectivity index (χ0v) is 12.7. The number of hydrogen-bond acceptors (Lipinski definition) is 2. The number of unbranched alkanes of at least 4 members (excludes halogenated alkanes) is 6. The number of rotatable bonds is 10. The number of carboxylic acid groups (broad SMARTS) is 1. The first kappa shape index (κ1) is 16.5. The molecule has 20 heavy (non-hydrogen) atoms. The highest BCUT2D eigenvalue weighted by Gasteiger charge is 2.11. The van der Waals surface area contributed by atoms with Crippen molar-refractivity contribution in [3.05, 3.63) is 29.3 Å². The molecule has 1 N–H and O–H groups in total. The second kappa shape index (κ2) is 9.40. The lowest BCUT2D eigenvalue weighted by Gasteiger charge is -2.09. The standard InChI is InChI=1S/C17H26O3/c1-3-4-5-6-7-8-9-12-20-16-11-10-14(2)13-15(16)17(18)19/h10-11,13H,3-9,12H2,1-2H3,(H,18,19). The van der Waals surface area contributed by atoms with Gasteiger partial charge < -0.3 is 9.84 Å². The summed E-state index contributed by atoms with van der Waals surface area (Å²) < 4.78 is 5.60. The molecule has 0 amide bonds. The van der Waals surface area contributed by atoms with Crippen LogP contribution in [0.3, 0.4) is 0 Å². The quantitative estimate of drug-likeness (QED) is 0.624. The van der Waals surface area contributed by atoms with E-state index in [0.29, 0.717) is 12.4 Å². The third-order valence-electron chi connectivity index (χ3n) is 3.37. The van der Waals surface area contributed by atoms with Crippen molar-refractivity contribution < 1.29 is 14.6 Å². The molecule has 1 aromatic rings. The van der Waals surface area contributed by atoms with E-state index in [-0.39, 0.29) is 5.56 Å². The molecule has 3 nitrogen and oxygen atoms in total. The summed E-state index contributed by atoms with van der Waals surface area (Å²) in [5.41, 5.74) is 1.19. The first-order valence-electron chi connectivity index (χ1n) is 7.62. The molecule has 0 aliphatic carbocycles. The van der Waals surface area contributed by atoms with Crippen LogP contribution in [0.5, 0.6) is 5.75 Å². The third kappa shape index (κ3) is 6.09. The van der Waals surface area contributed by atoms with Crippen LogP contribution < -0.4 is 4.74 Å². The number of carboxylic acids is 1. The van der Waals surface area contributed by atoms with Crippen LogP contribution in [0.4, 0.5) is 0 Å². The fraction of sp³-hybridized carbons (Fsp3) is 0.588. The average Bonchev–Trinajstić information content (AvgIpc) is 2.43. The molecule has 0 spiro atoms. The summed E-state index contributed by atoms with van der Waals surface area (Å²) in [4.78, 5) is 11.1. The van der Waals surface area contributed by atoms with Crippen molar-refractivity contribution in [1.82, 2.24) is 0 Å². The lowest BCUT2D eigenvalue weighted by atomic mass is 10.1. The Morgan fingerprint density at radius 2 is 1.75 bits per heavy atom. The zero-order valence-electron chi connectivity index (χ0n) is 12.7. The van der Waals surface area contributed by atoms with Gasteiger partial charge in [0.25, 0.3) is 0 Å². The maximum atomic E-state index is 11.1. The van der Waals surface area contributed by atoms with E-state index in [1.165, 1.54) is 32.1 Å². The first-order valence-corrected chi connectivity index (χ1v) is 7.62. The van der Waals surface area contributed by atoms with Crippen molar-refractivity contribution >= 4 is 5.97 Å². The Labute approximate surface area is 122 Å². The van der Waals surface area contributed by atoms with E-state index in [4.69, 9.17) is 9.84 Å². The summed E-state index contributed by atoms with van der Waals surface area (Å²) in [5.74, 6) is -0.447. The Morgan fingerprint density at radius 3 is 2.40 bits per heavy atom. The van der Waals surface area contributed by atoms with E-state index in [1.807, 2.05) is 13.0 Å². The van der Waals surface area contributed by atoms with Crippen LogP contribution in [0.15, 0.2) is 18.2 Å². The number of benzene rings is 1. The maximum Gasteiger partial charge on any atom is 0.339 e. The largest absolute Gasteiger partial charge is 0.493 e. The van der Waals surface area contributed by atoms with Crippen molar-refractivity contribution in [3.63, 3.8) is 0 Å². The summed E-state index contributed by atoms with van der Waals surface area (Å²) in [6.45, 7) is 4.69. The SMILES string of the molecule is CCCCCCCCCOc1ccc(C)cc1C(=O)O. The molecule has 0 atom stereocenters. The van der Waals surface area contributed by atoms with Gasteiger partial charge in [-0.1, -0.05) is 57.1 Å². The molecule has 0 aliphatic heterocycles. The minimum Gasteiger partial charge on any atom is -0.493 e. The van der Waals surface area contributed by atoms with E-state index in [0.717, 1.165) is 18.4 Å². The topological polar surface area (TPSA) is 46.5 Å². The highest BCUT2D eigenvalue weighted by Crippen LogP contribution is 2.20. The molecule has 112 valence electrons. The van der Waals surface area contributed by atoms with Gasteiger partial charge in [-0.05, 0) is 25.5 Å². The van der Waals surface area contributed by atoms with Crippen LogP contribution in [0, 0.1) is 6.92 Å². The van der Waals surface area contributed by atoms with Crippen LogP contribution in [0.2, 0.25) is 0 Å². The summed E-state index contributed by atoms with van der Waals surface area (Å²) >= 11 is 0. The van der Waals surface area contributed by atoms with Gasteiger partial charge in [0.1, 0.15) is 11.3 Å². The molecule has 0 heterocycles. The minimum absolute atomic E-state index is 0.257. The Kier molecular flexibility index (Phi) is 7.78. The van der Waals surface area contributed by atoms with Crippen molar-refractivity contribution in [2.75, 3.05) is 6.61 Å². The van der Waals surface area contributed by atoms with Crippen LogP contribution >= 0.6 is 0 Å². The van der Waals surface area contributed by atoms with E-state index in [9.17, 15) is 4.79 Å². The Hall–Kier alpha value is -1.51. The van der Waals surface area contributed by atoms with Gasteiger partial charge in [0.2, 0.25) is 0 Å². The Morgan fingerprint density at radius 1 is 1.10 bits per heavy atom. The van der Waals surface area contributed by atoms with E-state index < -0.39 is 5.97 Å². The number of ether oxygens (including phenoxy) is 1. The zero-order chi connectivity index (χ0) is 14.8. The van der Waals surface area contributed by atoms with Crippen LogP contribution in [-0.4, -0.2) is 17.7 Å². The highest BCUT2D eigenvalue weighted by molar-refractivity contribution is 5.91. The molecule has 0 fully saturated rings. The Balaban J connectivity index is 2.27. The van der Waals surface area contributed by atoms with Gasteiger partial charge >= 0.3 is 5.97 Å². The second-order valence-corrected chi connectivity index (χ2v) is 5.27. The molecule has 0 bridgehead atoms. The van der Waals surface area contributed by atoms with E-state index in [2.05, 4.69) is 6.92 Å². The average molecular weight is 278 g/mol. The molecule has 0 saturated heterocycles.